The Labute approximate surface area is 113 Å². The van der Waals surface area contributed by atoms with E-state index in [9.17, 15) is 0 Å². The highest BCUT2D eigenvalue weighted by atomic mass is 14.9. The molecule has 2 aliphatic carbocycles. The maximum atomic E-state index is 6.35. The predicted molar refractivity (Wildman–Crippen MR) is 78.5 cm³/mol. The summed E-state index contributed by atoms with van der Waals surface area (Å²) >= 11 is 0. The quantitative estimate of drug-likeness (QED) is 0.696. The molecule has 2 aliphatic rings. The number of nitrogens with one attached hydrogen (secondary N) is 1. The fraction of sp³-hybridized carbons (Fsp3) is 1.00. The Balaban J connectivity index is 1.65. The molecule has 0 aliphatic heterocycles. The van der Waals surface area contributed by atoms with E-state index >= 15 is 0 Å². The molecule has 0 aromatic rings. The van der Waals surface area contributed by atoms with Gasteiger partial charge in [-0.3, -0.25) is 0 Å². The summed E-state index contributed by atoms with van der Waals surface area (Å²) in [7, 11) is 0. The number of hydrogen-bond donors (Lipinski definition) is 2. The highest BCUT2D eigenvalue weighted by molar-refractivity contribution is 4.99. The number of hydrogen-bond acceptors (Lipinski definition) is 2. The molecule has 2 saturated carbocycles. The molecule has 18 heavy (non-hydrogen) atoms. The van der Waals surface area contributed by atoms with Crippen LogP contribution in [0.15, 0.2) is 0 Å². The molecular weight excluding hydrogens is 220 g/mol. The smallest absolute Gasteiger partial charge is 0.0110 e. The van der Waals surface area contributed by atoms with Crippen molar-refractivity contribution in [2.75, 3.05) is 13.1 Å². The van der Waals surface area contributed by atoms with Crippen LogP contribution in [0.5, 0.6) is 0 Å². The van der Waals surface area contributed by atoms with E-state index in [4.69, 9.17) is 5.73 Å². The Morgan fingerprint density at radius 3 is 2.61 bits per heavy atom. The van der Waals surface area contributed by atoms with Crippen molar-refractivity contribution in [2.45, 2.75) is 64.8 Å². The van der Waals surface area contributed by atoms with Crippen molar-refractivity contribution in [3.05, 3.63) is 0 Å². The lowest BCUT2D eigenvalue weighted by molar-refractivity contribution is 0.271. The van der Waals surface area contributed by atoms with Crippen molar-refractivity contribution in [1.82, 2.24) is 5.32 Å². The van der Waals surface area contributed by atoms with Crippen molar-refractivity contribution in [1.29, 1.82) is 0 Å². The zero-order valence-corrected chi connectivity index (χ0v) is 12.3. The third-order valence-electron chi connectivity index (χ3n) is 5.51. The summed E-state index contributed by atoms with van der Waals surface area (Å²) in [6.07, 6.45) is 9.68. The fourth-order valence-electron chi connectivity index (χ4n) is 4.16. The Bertz CT molecular complexity index is 239. The first kappa shape index (κ1) is 14.3. The second-order valence-electron chi connectivity index (χ2n) is 6.65. The molecule has 0 saturated heterocycles. The van der Waals surface area contributed by atoms with E-state index in [1.807, 2.05) is 0 Å². The topological polar surface area (TPSA) is 38.0 Å². The van der Waals surface area contributed by atoms with Gasteiger partial charge in [0.2, 0.25) is 0 Å². The normalized spacial score (nSPS) is 36.2. The molecule has 106 valence electrons. The Hall–Kier alpha value is -0.0800. The second-order valence-corrected chi connectivity index (χ2v) is 6.65. The number of unbranched alkanes of at least 4 members (excludes halogenated alkanes) is 1. The van der Waals surface area contributed by atoms with Crippen molar-refractivity contribution >= 4 is 0 Å². The van der Waals surface area contributed by atoms with Crippen LogP contribution in [0.4, 0.5) is 0 Å². The van der Waals surface area contributed by atoms with Gasteiger partial charge in [-0.15, -0.1) is 0 Å². The molecule has 2 nitrogen and oxygen atoms in total. The van der Waals surface area contributed by atoms with E-state index in [0.717, 1.165) is 23.7 Å². The van der Waals surface area contributed by atoms with Gasteiger partial charge in [-0.25, -0.2) is 0 Å². The van der Waals surface area contributed by atoms with Gasteiger partial charge in [-0.2, -0.15) is 0 Å². The molecule has 5 atom stereocenters. The van der Waals surface area contributed by atoms with Gasteiger partial charge in [-0.05, 0) is 62.4 Å². The van der Waals surface area contributed by atoms with Gasteiger partial charge in [0.15, 0.2) is 0 Å². The molecule has 0 amide bonds. The first-order valence-electron chi connectivity index (χ1n) is 8.22. The number of rotatable bonds is 8. The maximum Gasteiger partial charge on any atom is 0.0110 e. The minimum absolute atomic E-state index is 0.493. The van der Waals surface area contributed by atoms with Gasteiger partial charge in [0.1, 0.15) is 0 Å². The number of fused-ring (bicyclic) bond motifs is 2. The first-order chi connectivity index (χ1) is 8.76. The van der Waals surface area contributed by atoms with E-state index in [1.54, 1.807) is 0 Å². The van der Waals surface area contributed by atoms with Gasteiger partial charge in [0.05, 0.1) is 0 Å². The van der Waals surface area contributed by atoms with E-state index in [0.29, 0.717) is 6.04 Å². The lowest BCUT2D eigenvalue weighted by Gasteiger charge is -2.29. The highest BCUT2D eigenvalue weighted by Gasteiger charge is 2.45. The zero-order chi connectivity index (χ0) is 13.0. The summed E-state index contributed by atoms with van der Waals surface area (Å²) in [4.78, 5) is 0. The lowest BCUT2D eigenvalue weighted by atomic mass is 9.85. The van der Waals surface area contributed by atoms with Crippen LogP contribution in [0.2, 0.25) is 0 Å². The van der Waals surface area contributed by atoms with Crippen molar-refractivity contribution < 1.29 is 0 Å². The molecule has 0 radical (unpaired) electrons. The summed E-state index contributed by atoms with van der Waals surface area (Å²) in [5.41, 5.74) is 6.35. The van der Waals surface area contributed by atoms with Crippen LogP contribution in [-0.2, 0) is 0 Å². The molecule has 0 aromatic heterocycles. The van der Waals surface area contributed by atoms with Crippen LogP contribution in [0.3, 0.4) is 0 Å². The summed E-state index contributed by atoms with van der Waals surface area (Å²) in [6.45, 7) is 6.99. The summed E-state index contributed by atoms with van der Waals surface area (Å²) in [5, 5.41) is 3.72. The minimum Gasteiger partial charge on any atom is -0.327 e. The van der Waals surface area contributed by atoms with Gasteiger partial charge in [0, 0.05) is 6.04 Å². The monoisotopic (exact) mass is 252 g/mol. The molecule has 0 spiro atoms. The molecule has 2 bridgehead atoms. The lowest BCUT2D eigenvalue weighted by Crippen LogP contribution is -2.42. The zero-order valence-electron chi connectivity index (χ0n) is 12.3. The molecule has 2 rings (SSSR count). The van der Waals surface area contributed by atoms with Gasteiger partial charge in [0.25, 0.3) is 0 Å². The average molecular weight is 252 g/mol. The van der Waals surface area contributed by atoms with E-state index < -0.39 is 0 Å². The largest absolute Gasteiger partial charge is 0.327 e. The van der Waals surface area contributed by atoms with Gasteiger partial charge < -0.3 is 11.1 Å². The molecule has 5 unspecified atom stereocenters. The molecule has 3 N–H and O–H groups in total. The highest BCUT2D eigenvalue weighted by Crippen LogP contribution is 2.47. The van der Waals surface area contributed by atoms with Crippen molar-refractivity contribution in [3.63, 3.8) is 0 Å². The van der Waals surface area contributed by atoms with E-state index in [-0.39, 0.29) is 0 Å². The SMILES string of the molecule is CCCCC(CC)CNCC1C2CCC(C2)C1N. The predicted octanol–water partition coefficient (Wildman–Crippen LogP) is 3.17. The van der Waals surface area contributed by atoms with Crippen molar-refractivity contribution in [3.8, 4) is 0 Å². The third kappa shape index (κ3) is 3.27. The standard InChI is InChI=1S/C16H32N2/c1-3-5-6-12(4-2)10-18-11-15-13-7-8-14(9-13)16(15)17/h12-16,18H,3-11,17H2,1-2H3. The summed E-state index contributed by atoms with van der Waals surface area (Å²) in [5.74, 6) is 3.43. The van der Waals surface area contributed by atoms with Crippen molar-refractivity contribution in [2.24, 2.45) is 29.4 Å². The molecule has 2 fully saturated rings. The number of nitrogens with two attached hydrogens (primary N) is 1. The van der Waals surface area contributed by atoms with E-state index in [1.165, 1.54) is 58.0 Å². The van der Waals surface area contributed by atoms with Crippen LogP contribution in [0.25, 0.3) is 0 Å². The van der Waals surface area contributed by atoms with E-state index in [2.05, 4.69) is 19.2 Å². The van der Waals surface area contributed by atoms with Crippen LogP contribution < -0.4 is 11.1 Å². The van der Waals surface area contributed by atoms with Crippen LogP contribution >= 0.6 is 0 Å². The van der Waals surface area contributed by atoms with Gasteiger partial charge in [-0.1, -0.05) is 33.1 Å². The minimum atomic E-state index is 0.493. The fourth-order valence-corrected chi connectivity index (χ4v) is 4.16. The Morgan fingerprint density at radius 2 is 2.00 bits per heavy atom. The van der Waals surface area contributed by atoms with Crippen LogP contribution in [0, 0.1) is 23.7 Å². The van der Waals surface area contributed by atoms with Crippen LogP contribution in [-0.4, -0.2) is 19.1 Å². The summed E-state index contributed by atoms with van der Waals surface area (Å²) in [6, 6.07) is 0.493. The first-order valence-corrected chi connectivity index (χ1v) is 8.22. The maximum absolute atomic E-state index is 6.35. The molecule has 0 aromatic carbocycles. The molecular formula is C16H32N2. The Morgan fingerprint density at radius 1 is 1.22 bits per heavy atom. The molecule has 2 heteroatoms. The Kier molecular flexibility index (Phi) is 5.50. The van der Waals surface area contributed by atoms with Gasteiger partial charge >= 0.3 is 0 Å². The van der Waals surface area contributed by atoms with Crippen LogP contribution in [0.1, 0.15) is 58.8 Å². The average Bonchev–Trinajstić information content (AvgIpc) is 2.96. The second kappa shape index (κ2) is 6.91. The summed E-state index contributed by atoms with van der Waals surface area (Å²) < 4.78 is 0. The molecule has 0 heterocycles. The third-order valence-corrected chi connectivity index (χ3v) is 5.51.